The molecular formula is C13H24N2O3S. The standard InChI is InChI=1S/C7H11NO2.C6H13NOS/c1-5-3-4-7(10)8(5)6(2)9;1-7-6(5-8)3-4-9-2/h5H,3-4H2,1-2H3;5-7H,3-4H2,1-2H3/t;6-/m.1/s1. The summed E-state index contributed by atoms with van der Waals surface area (Å²) in [7, 11) is 1.80. The lowest BCUT2D eigenvalue weighted by Gasteiger charge is -2.16. The maximum atomic E-state index is 10.9. The summed E-state index contributed by atoms with van der Waals surface area (Å²) in [5.74, 6) is 0.888. The third kappa shape index (κ3) is 6.73. The molecule has 0 aromatic carbocycles. The molecular weight excluding hydrogens is 264 g/mol. The van der Waals surface area contributed by atoms with E-state index in [1.165, 1.54) is 11.8 Å². The maximum Gasteiger partial charge on any atom is 0.229 e. The number of imide groups is 1. The van der Waals surface area contributed by atoms with Crippen molar-refractivity contribution in [2.45, 2.75) is 45.2 Å². The van der Waals surface area contributed by atoms with Gasteiger partial charge in [0.05, 0.1) is 6.04 Å². The zero-order chi connectivity index (χ0) is 14.8. The van der Waals surface area contributed by atoms with Gasteiger partial charge in [0.25, 0.3) is 0 Å². The lowest BCUT2D eigenvalue weighted by molar-refractivity contribution is -0.142. The van der Waals surface area contributed by atoms with E-state index in [0.29, 0.717) is 6.42 Å². The Balaban J connectivity index is 0.000000344. The number of rotatable bonds is 5. The zero-order valence-corrected chi connectivity index (χ0v) is 13.0. The van der Waals surface area contributed by atoms with Gasteiger partial charge in [0.15, 0.2) is 0 Å². The van der Waals surface area contributed by atoms with E-state index < -0.39 is 0 Å². The summed E-state index contributed by atoms with van der Waals surface area (Å²) >= 11 is 1.76. The van der Waals surface area contributed by atoms with Crippen molar-refractivity contribution in [3.8, 4) is 0 Å². The van der Waals surface area contributed by atoms with Crippen molar-refractivity contribution >= 4 is 29.9 Å². The topological polar surface area (TPSA) is 66.5 Å². The van der Waals surface area contributed by atoms with Gasteiger partial charge >= 0.3 is 0 Å². The van der Waals surface area contributed by atoms with E-state index in [-0.39, 0.29) is 23.9 Å². The number of likely N-dealkylation sites (N-methyl/N-ethyl adjacent to an activating group) is 1. The molecule has 0 radical (unpaired) electrons. The highest BCUT2D eigenvalue weighted by atomic mass is 32.2. The summed E-state index contributed by atoms with van der Waals surface area (Å²) in [6.45, 7) is 3.33. The zero-order valence-electron chi connectivity index (χ0n) is 12.1. The molecule has 0 spiro atoms. The molecule has 1 heterocycles. The molecule has 1 saturated heterocycles. The van der Waals surface area contributed by atoms with Gasteiger partial charge in [-0.3, -0.25) is 14.5 Å². The first-order valence-corrected chi connectivity index (χ1v) is 7.81. The third-order valence-electron chi connectivity index (χ3n) is 2.99. The highest BCUT2D eigenvalue weighted by Gasteiger charge is 2.30. The lowest BCUT2D eigenvalue weighted by Crippen LogP contribution is -2.35. The molecule has 0 bridgehead atoms. The van der Waals surface area contributed by atoms with Crippen molar-refractivity contribution in [2.24, 2.45) is 0 Å². The second-order valence-electron chi connectivity index (χ2n) is 4.48. The van der Waals surface area contributed by atoms with Crippen LogP contribution in [0.2, 0.25) is 0 Å². The number of hydrogen-bond acceptors (Lipinski definition) is 5. The van der Waals surface area contributed by atoms with Gasteiger partial charge in [-0.05, 0) is 38.8 Å². The highest BCUT2D eigenvalue weighted by molar-refractivity contribution is 7.98. The minimum Gasteiger partial charge on any atom is -0.311 e. The molecule has 0 saturated carbocycles. The second kappa shape index (κ2) is 9.97. The largest absolute Gasteiger partial charge is 0.311 e. The van der Waals surface area contributed by atoms with Crippen LogP contribution in [0.1, 0.15) is 33.1 Å². The summed E-state index contributed by atoms with van der Waals surface area (Å²) in [6, 6.07) is 0.169. The minimum atomic E-state index is -0.130. The number of carbonyl (C=O) groups is 3. The van der Waals surface area contributed by atoms with Crippen LogP contribution in [0, 0.1) is 0 Å². The number of nitrogens with one attached hydrogen (secondary N) is 1. The van der Waals surface area contributed by atoms with E-state index in [1.807, 2.05) is 13.2 Å². The average molecular weight is 288 g/mol. The lowest BCUT2D eigenvalue weighted by atomic mass is 10.2. The van der Waals surface area contributed by atoms with Gasteiger partial charge in [-0.25, -0.2) is 0 Å². The van der Waals surface area contributed by atoms with E-state index in [0.717, 1.165) is 24.9 Å². The fraction of sp³-hybridized carbons (Fsp3) is 0.769. The quantitative estimate of drug-likeness (QED) is 0.767. The van der Waals surface area contributed by atoms with Crippen molar-refractivity contribution < 1.29 is 14.4 Å². The summed E-state index contributed by atoms with van der Waals surface area (Å²) in [6.07, 6.45) is 5.27. The Labute approximate surface area is 119 Å². The van der Waals surface area contributed by atoms with Gasteiger partial charge in [-0.2, -0.15) is 11.8 Å². The third-order valence-corrected chi connectivity index (χ3v) is 3.64. The number of nitrogens with zero attached hydrogens (tertiary/aromatic N) is 1. The molecule has 2 atom stereocenters. The smallest absolute Gasteiger partial charge is 0.229 e. The molecule has 1 aliphatic heterocycles. The summed E-state index contributed by atoms with van der Waals surface area (Å²) in [5, 5.41) is 2.91. The molecule has 19 heavy (non-hydrogen) atoms. The fourth-order valence-corrected chi connectivity index (χ4v) is 2.33. The van der Waals surface area contributed by atoms with Crippen molar-refractivity contribution in [1.29, 1.82) is 0 Å². The Morgan fingerprint density at radius 1 is 1.63 bits per heavy atom. The molecule has 0 aromatic rings. The SMILES string of the molecule is CC(=O)N1C(=O)CCC1C.CN[C@@H](C=O)CCSC. The van der Waals surface area contributed by atoms with Crippen molar-refractivity contribution in [1.82, 2.24) is 10.2 Å². The van der Waals surface area contributed by atoms with Gasteiger partial charge < -0.3 is 10.1 Å². The van der Waals surface area contributed by atoms with Gasteiger partial charge in [-0.15, -0.1) is 0 Å². The summed E-state index contributed by atoms with van der Waals surface area (Å²) < 4.78 is 0. The van der Waals surface area contributed by atoms with Crippen LogP contribution in [0.25, 0.3) is 0 Å². The Hall–Kier alpha value is -0.880. The summed E-state index contributed by atoms with van der Waals surface area (Å²) in [5.41, 5.74) is 0. The number of hydrogen-bond donors (Lipinski definition) is 1. The van der Waals surface area contributed by atoms with Gasteiger partial charge in [0, 0.05) is 19.4 Å². The number of aldehydes is 1. The van der Waals surface area contributed by atoms with Crippen molar-refractivity contribution in [3.05, 3.63) is 0 Å². The van der Waals surface area contributed by atoms with Gasteiger partial charge in [-0.1, -0.05) is 0 Å². The molecule has 1 rings (SSSR count). The molecule has 1 fully saturated rings. The Bertz CT molecular complexity index is 310. The van der Waals surface area contributed by atoms with Crippen LogP contribution in [0.15, 0.2) is 0 Å². The van der Waals surface area contributed by atoms with Gasteiger partial charge in [0.1, 0.15) is 6.29 Å². The van der Waals surface area contributed by atoms with E-state index in [9.17, 15) is 14.4 Å². The number of carbonyl (C=O) groups excluding carboxylic acids is 3. The first-order chi connectivity index (χ1) is 8.97. The fourth-order valence-electron chi connectivity index (χ4n) is 1.84. The monoisotopic (exact) mass is 288 g/mol. The molecule has 2 amide bonds. The summed E-state index contributed by atoms with van der Waals surface area (Å²) in [4.78, 5) is 33.2. The van der Waals surface area contributed by atoms with Crippen LogP contribution < -0.4 is 5.32 Å². The molecule has 1 aliphatic rings. The van der Waals surface area contributed by atoms with E-state index >= 15 is 0 Å². The minimum absolute atomic E-state index is 0.0278. The number of thioether (sulfide) groups is 1. The van der Waals surface area contributed by atoms with Crippen LogP contribution in [0.3, 0.4) is 0 Å². The molecule has 5 nitrogen and oxygen atoms in total. The first-order valence-electron chi connectivity index (χ1n) is 6.42. The molecule has 110 valence electrons. The second-order valence-corrected chi connectivity index (χ2v) is 5.47. The first kappa shape index (κ1) is 18.1. The molecule has 0 aliphatic carbocycles. The van der Waals surface area contributed by atoms with Crippen molar-refractivity contribution in [2.75, 3.05) is 19.1 Å². The molecule has 1 N–H and O–H groups in total. The van der Waals surface area contributed by atoms with Crippen LogP contribution in [-0.4, -0.2) is 54.1 Å². The Morgan fingerprint density at radius 3 is 2.53 bits per heavy atom. The predicted molar refractivity (Wildman–Crippen MR) is 78.1 cm³/mol. The normalized spacial score (nSPS) is 19.7. The van der Waals surface area contributed by atoms with E-state index in [4.69, 9.17) is 0 Å². The molecule has 1 unspecified atom stereocenters. The van der Waals surface area contributed by atoms with Crippen molar-refractivity contribution in [3.63, 3.8) is 0 Å². The van der Waals surface area contributed by atoms with Gasteiger partial charge in [0.2, 0.25) is 11.8 Å². The van der Waals surface area contributed by atoms with E-state index in [1.54, 1.807) is 18.8 Å². The van der Waals surface area contributed by atoms with Crippen LogP contribution in [-0.2, 0) is 14.4 Å². The van der Waals surface area contributed by atoms with Crippen LogP contribution in [0.5, 0.6) is 0 Å². The average Bonchev–Trinajstić information content (AvgIpc) is 2.71. The molecule has 0 aromatic heterocycles. The van der Waals surface area contributed by atoms with E-state index in [2.05, 4.69) is 5.32 Å². The maximum absolute atomic E-state index is 10.9. The van der Waals surface area contributed by atoms with Crippen LogP contribution in [0.4, 0.5) is 0 Å². The predicted octanol–water partition coefficient (Wildman–Crippen LogP) is 1.07. The Morgan fingerprint density at radius 2 is 2.26 bits per heavy atom. The number of amides is 2. The molecule has 6 heteroatoms. The highest BCUT2D eigenvalue weighted by Crippen LogP contribution is 2.17. The van der Waals surface area contributed by atoms with Crippen LogP contribution >= 0.6 is 11.8 Å². The number of likely N-dealkylation sites (tertiary alicyclic amines) is 1. The Kier molecular flexibility index (Phi) is 9.51.